The van der Waals surface area contributed by atoms with E-state index in [0.717, 1.165) is 44.3 Å². The largest absolute Gasteiger partial charge is 0.455 e. The van der Waals surface area contributed by atoms with Crippen LogP contribution in [0, 0.1) is 17.2 Å². The van der Waals surface area contributed by atoms with Crippen LogP contribution in [-0.2, 0) is 5.41 Å². The van der Waals surface area contributed by atoms with Crippen molar-refractivity contribution in [3.63, 3.8) is 0 Å². The second-order valence-electron chi connectivity index (χ2n) is 10.3. The Hall–Kier alpha value is -3.90. The van der Waals surface area contributed by atoms with E-state index < -0.39 is 0 Å². The molecular formula is C32H28N2O. The molecule has 0 bridgehead atoms. The zero-order chi connectivity index (χ0) is 24.0. The van der Waals surface area contributed by atoms with Gasteiger partial charge in [-0.2, -0.15) is 5.26 Å². The van der Waals surface area contributed by atoms with E-state index >= 15 is 0 Å². The summed E-state index contributed by atoms with van der Waals surface area (Å²) in [6.07, 6.45) is 7.15. The molecule has 1 fully saturated rings. The van der Waals surface area contributed by atoms with Crippen LogP contribution >= 0.6 is 0 Å². The summed E-state index contributed by atoms with van der Waals surface area (Å²) in [4.78, 5) is 4.75. The van der Waals surface area contributed by atoms with Crippen LogP contribution in [0.25, 0.3) is 44.3 Å². The Balaban J connectivity index is 1.52. The van der Waals surface area contributed by atoms with Gasteiger partial charge in [0.25, 0.3) is 0 Å². The minimum Gasteiger partial charge on any atom is -0.455 e. The summed E-state index contributed by atoms with van der Waals surface area (Å²) in [6, 6.07) is 27.2. The van der Waals surface area contributed by atoms with Gasteiger partial charge in [-0.15, -0.1) is 0 Å². The third-order valence-corrected chi connectivity index (χ3v) is 8.00. The highest BCUT2D eigenvalue weighted by Gasteiger charge is 2.33. The zero-order valence-corrected chi connectivity index (χ0v) is 20.2. The molecule has 0 saturated heterocycles. The molecule has 1 saturated carbocycles. The van der Waals surface area contributed by atoms with E-state index in [1.165, 1.54) is 31.2 Å². The van der Waals surface area contributed by atoms with Crippen LogP contribution in [0.3, 0.4) is 0 Å². The molecule has 3 heteroatoms. The number of nitriles is 1. The zero-order valence-electron chi connectivity index (χ0n) is 20.2. The molecule has 0 N–H and O–H groups in total. The van der Waals surface area contributed by atoms with Crippen LogP contribution < -0.4 is 0 Å². The molecule has 2 aromatic heterocycles. The lowest BCUT2D eigenvalue weighted by Crippen LogP contribution is -2.26. The number of benzene rings is 3. The van der Waals surface area contributed by atoms with Gasteiger partial charge in [-0.05, 0) is 77.3 Å². The predicted molar refractivity (Wildman–Crippen MR) is 142 cm³/mol. The van der Waals surface area contributed by atoms with Crippen LogP contribution in [-0.4, -0.2) is 4.98 Å². The van der Waals surface area contributed by atoms with Gasteiger partial charge in [0.2, 0.25) is 0 Å². The van der Waals surface area contributed by atoms with Gasteiger partial charge in [0.1, 0.15) is 11.2 Å². The van der Waals surface area contributed by atoms with Crippen molar-refractivity contribution in [3.05, 3.63) is 90.1 Å². The third kappa shape index (κ3) is 3.61. The molecule has 3 aromatic carbocycles. The van der Waals surface area contributed by atoms with Crippen molar-refractivity contribution in [3.8, 4) is 28.5 Å². The van der Waals surface area contributed by atoms with Crippen LogP contribution in [0.15, 0.2) is 83.4 Å². The average molecular weight is 457 g/mol. The van der Waals surface area contributed by atoms with Gasteiger partial charge in [0, 0.05) is 22.5 Å². The highest BCUT2D eigenvalue weighted by atomic mass is 16.3. The van der Waals surface area contributed by atoms with Crippen molar-refractivity contribution in [1.29, 1.82) is 5.26 Å². The first-order valence-electron chi connectivity index (χ1n) is 12.5. The molecule has 2 heterocycles. The van der Waals surface area contributed by atoms with Crippen molar-refractivity contribution in [2.75, 3.05) is 0 Å². The van der Waals surface area contributed by atoms with Gasteiger partial charge in [0.15, 0.2) is 0 Å². The van der Waals surface area contributed by atoms with Gasteiger partial charge in [-0.3, -0.25) is 4.98 Å². The highest BCUT2D eigenvalue weighted by Crippen LogP contribution is 2.43. The molecule has 0 atom stereocenters. The average Bonchev–Trinajstić information content (AvgIpc) is 3.57. The second-order valence-corrected chi connectivity index (χ2v) is 10.3. The Kier molecular flexibility index (Phi) is 5.19. The van der Waals surface area contributed by atoms with E-state index in [9.17, 15) is 5.26 Å². The molecule has 35 heavy (non-hydrogen) atoms. The van der Waals surface area contributed by atoms with Crippen molar-refractivity contribution in [2.24, 2.45) is 5.92 Å². The molecule has 0 unspecified atom stereocenters. The number of rotatable bonds is 4. The van der Waals surface area contributed by atoms with Crippen LogP contribution in [0.1, 0.15) is 50.7 Å². The fourth-order valence-electron chi connectivity index (χ4n) is 5.85. The highest BCUT2D eigenvalue weighted by molar-refractivity contribution is 6.12. The number of aromatic nitrogens is 1. The van der Waals surface area contributed by atoms with Crippen LogP contribution in [0.4, 0.5) is 0 Å². The molecular weight excluding hydrogens is 428 g/mol. The Bertz CT molecular complexity index is 1580. The molecule has 1 aliphatic carbocycles. The lowest BCUT2D eigenvalue weighted by Gasteiger charge is -2.32. The summed E-state index contributed by atoms with van der Waals surface area (Å²) in [5.41, 5.74) is 7.60. The quantitative estimate of drug-likeness (QED) is 0.272. The maximum atomic E-state index is 9.87. The van der Waals surface area contributed by atoms with Crippen molar-refractivity contribution in [1.82, 2.24) is 4.98 Å². The molecule has 172 valence electrons. The number of fused-ring (bicyclic) bond motifs is 3. The summed E-state index contributed by atoms with van der Waals surface area (Å²) in [5, 5.41) is 11.7. The van der Waals surface area contributed by atoms with E-state index in [-0.39, 0.29) is 5.41 Å². The summed E-state index contributed by atoms with van der Waals surface area (Å²) in [6.45, 7) is 4.73. The molecule has 0 spiro atoms. The number of furan rings is 1. The van der Waals surface area contributed by atoms with Crippen molar-refractivity contribution < 1.29 is 4.42 Å². The summed E-state index contributed by atoms with van der Waals surface area (Å²) in [5.74, 6) is 0.696. The van der Waals surface area contributed by atoms with E-state index in [1.54, 1.807) is 0 Å². The first kappa shape index (κ1) is 21.6. The first-order chi connectivity index (χ1) is 17.1. The van der Waals surface area contributed by atoms with Crippen molar-refractivity contribution >= 4 is 21.9 Å². The number of pyridine rings is 1. The third-order valence-electron chi connectivity index (χ3n) is 8.00. The lowest BCUT2D eigenvalue weighted by atomic mass is 9.72. The Labute approximate surface area is 206 Å². The van der Waals surface area contributed by atoms with Gasteiger partial charge < -0.3 is 4.42 Å². The molecule has 0 radical (unpaired) electrons. The maximum Gasteiger partial charge on any atom is 0.146 e. The molecule has 5 aromatic rings. The Morgan fingerprint density at radius 1 is 0.914 bits per heavy atom. The fourth-order valence-corrected chi connectivity index (χ4v) is 5.85. The van der Waals surface area contributed by atoms with E-state index in [0.29, 0.717) is 11.5 Å². The Morgan fingerprint density at radius 3 is 2.49 bits per heavy atom. The minimum absolute atomic E-state index is 0.0956. The monoisotopic (exact) mass is 456 g/mol. The molecule has 0 aliphatic heterocycles. The fraction of sp³-hybridized carbons (Fsp3) is 0.250. The van der Waals surface area contributed by atoms with E-state index in [4.69, 9.17) is 9.40 Å². The van der Waals surface area contributed by atoms with E-state index in [2.05, 4.69) is 62.4 Å². The molecule has 0 amide bonds. The van der Waals surface area contributed by atoms with Gasteiger partial charge >= 0.3 is 0 Å². The van der Waals surface area contributed by atoms with E-state index in [1.807, 2.05) is 36.5 Å². The van der Waals surface area contributed by atoms with Gasteiger partial charge in [0.05, 0.1) is 17.3 Å². The van der Waals surface area contributed by atoms with Gasteiger partial charge in [-0.1, -0.05) is 63.1 Å². The molecule has 6 rings (SSSR count). The van der Waals surface area contributed by atoms with Crippen LogP contribution in [0.2, 0.25) is 0 Å². The summed E-state index contributed by atoms with van der Waals surface area (Å²) in [7, 11) is 0. The number of hydrogen-bond acceptors (Lipinski definition) is 3. The predicted octanol–water partition coefficient (Wildman–Crippen LogP) is 8.65. The number of nitrogens with zero attached hydrogens (tertiary/aromatic N) is 2. The lowest BCUT2D eigenvalue weighted by molar-refractivity contribution is 0.325. The summed E-state index contributed by atoms with van der Waals surface area (Å²) < 4.78 is 6.48. The smallest absolute Gasteiger partial charge is 0.146 e. The standard InChI is InChI=1S/C32H28N2O/c1-32(2,24-10-6-7-11-24)25-16-17-34-28(19-25)26-14-13-23(20-33)30-27-15-12-22(18-29(27)35-31(26)30)21-8-4-3-5-9-21/h3-5,8-9,12-19,24H,6-7,10-11H2,1-2H3. The summed E-state index contributed by atoms with van der Waals surface area (Å²) >= 11 is 0. The minimum atomic E-state index is 0.0956. The van der Waals surface area contributed by atoms with Crippen LogP contribution in [0.5, 0.6) is 0 Å². The number of hydrogen-bond donors (Lipinski definition) is 0. The molecule has 3 nitrogen and oxygen atoms in total. The maximum absolute atomic E-state index is 9.87. The topological polar surface area (TPSA) is 49.8 Å². The first-order valence-corrected chi connectivity index (χ1v) is 12.5. The normalized spacial score (nSPS) is 14.5. The van der Waals surface area contributed by atoms with Crippen molar-refractivity contribution in [2.45, 2.75) is 44.9 Å². The SMILES string of the molecule is CC(C)(c1ccnc(-c2ccc(C#N)c3c2oc2cc(-c4ccccc4)ccc23)c1)C1CCCC1. The Morgan fingerprint density at radius 2 is 1.71 bits per heavy atom. The second kappa shape index (κ2) is 8.40. The molecule has 1 aliphatic rings. The van der Waals surface area contributed by atoms with Gasteiger partial charge in [-0.25, -0.2) is 0 Å².